The molecule has 1 aromatic carbocycles. The molecule has 1 heterocycles. The van der Waals surface area contributed by atoms with Crippen molar-refractivity contribution in [2.24, 2.45) is 0 Å². The van der Waals surface area contributed by atoms with E-state index in [1.165, 1.54) is 5.56 Å². The maximum atomic E-state index is 4.98. The summed E-state index contributed by atoms with van der Waals surface area (Å²) in [7, 11) is 1.58. The van der Waals surface area contributed by atoms with E-state index in [0.29, 0.717) is 11.8 Å². The Labute approximate surface area is 94.9 Å². The lowest BCUT2D eigenvalue weighted by Gasteiger charge is -2.06. The summed E-state index contributed by atoms with van der Waals surface area (Å²) in [5.74, 6) is 1.06. The Balaban J connectivity index is 2.27. The Bertz CT molecular complexity index is 459. The zero-order valence-corrected chi connectivity index (χ0v) is 9.71. The Hall–Kier alpha value is -1.84. The van der Waals surface area contributed by atoms with E-state index >= 15 is 0 Å². The Kier molecular flexibility index (Phi) is 2.90. The van der Waals surface area contributed by atoms with E-state index in [1.807, 2.05) is 12.1 Å². The monoisotopic (exact) mass is 217 g/mol. The highest BCUT2D eigenvalue weighted by Crippen LogP contribution is 2.17. The molecule has 2 aromatic rings. The van der Waals surface area contributed by atoms with Crippen LogP contribution in [0.25, 0.3) is 5.69 Å². The average Bonchev–Trinajstić information content (AvgIpc) is 2.77. The molecule has 0 radical (unpaired) electrons. The molecule has 4 nitrogen and oxygen atoms in total. The SMILES string of the molecule is COc1cn(-c2ccc(C(C)C)cc2)nn1. The lowest BCUT2D eigenvalue weighted by molar-refractivity contribution is 0.397. The molecule has 4 heteroatoms. The predicted octanol–water partition coefficient (Wildman–Crippen LogP) is 2.40. The molecule has 0 aliphatic heterocycles. The molecule has 0 unspecified atom stereocenters. The topological polar surface area (TPSA) is 39.9 Å². The molecular formula is C12H15N3O. The van der Waals surface area contributed by atoms with Crippen molar-refractivity contribution in [1.29, 1.82) is 0 Å². The lowest BCUT2D eigenvalue weighted by Crippen LogP contribution is -1.95. The zero-order valence-electron chi connectivity index (χ0n) is 9.71. The van der Waals surface area contributed by atoms with Crippen molar-refractivity contribution >= 4 is 0 Å². The molecule has 0 N–H and O–H groups in total. The summed E-state index contributed by atoms with van der Waals surface area (Å²) in [5.41, 5.74) is 2.30. The van der Waals surface area contributed by atoms with Gasteiger partial charge in [0.15, 0.2) is 0 Å². The third-order valence-corrected chi connectivity index (χ3v) is 2.51. The minimum atomic E-state index is 0.521. The van der Waals surface area contributed by atoms with Gasteiger partial charge in [0.2, 0.25) is 0 Å². The van der Waals surface area contributed by atoms with Crippen LogP contribution in [0.1, 0.15) is 25.3 Å². The molecule has 0 amide bonds. The van der Waals surface area contributed by atoms with E-state index in [2.05, 4.69) is 36.3 Å². The smallest absolute Gasteiger partial charge is 0.253 e. The van der Waals surface area contributed by atoms with Crippen LogP contribution in [0, 0.1) is 0 Å². The van der Waals surface area contributed by atoms with Crippen molar-refractivity contribution in [2.45, 2.75) is 19.8 Å². The van der Waals surface area contributed by atoms with Gasteiger partial charge in [-0.1, -0.05) is 36.3 Å². The molecule has 0 aliphatic rings. The van der Waals surface area contributed by atoms with Crippen LogP contribution in [-0.4, -0.2) is 22.1 Å². The van der Waals surface area contributed by atoms with Crippen molar-refractivity contribution in [2.75, 3.05) is 7.11 Å². The minimum Gasteiger partial charge on any atom is -0.479 e. The molecule has 0 fully saturated rings. The number of hydrogen-bond donors (Lipinski definition) is 0. The molecule has 0 saturated carbocycles. The summed E-state index contributed by atoms with van der Waals surface area (Å²) >= 11 is 0. The van der Waals surface area contributed by atoms with Crippen molar-refractivity contribution in [3.05, 3.63) is 36.0 Å². The summed E-state index contributed by atoms with van der Waals surface area (Å²) in [6.45, 7) is 4.35. The highest BCUT2D eigenvalue weighted by atomic mass is 16.5. The molecule has 84 valence electrons. The van der Waals surface area contributed by atoms with Gasteiger partial charge in [0, 0.05) is 0 Å². The first kappa shape index (κ1) is 10.7. The van der Waals surface area contributed by atoms with Crippen molar-refractivity contribution in [3.8, 4) is 11.6 Å². The van der Waals surface area contributed by atoms with Crippen LogP contribution < -0.4 is 4.74 Å². The molecule has 0 spiro atoms. The minimum absolute atomic E-state index is 0.521. The van der Waals surface area contributed by atoms with E-state index in [-0.39, 0.29) is 0 Å². The van der Waals surface area contributed by atoms with Crippen LogP contribution in [0.5, 0.6) is 5.88 Å². The first-order chi connectivity index (χ1) is 7.70. The van der Waals surface area contributed by atoms with E-state index in [4.69, 9.17) is 4.74 Å². The summed E-state index contributed by atoms with van der Waals surface area (Å²) in [6.07, 6.45) is 1.75. The van der Waals surface area contributed by atoms with E-state index in [1.54, 1.807) is 18.0 Å². The summed E-state index contributed by atoms with van der Waals surface area (Å²) < 4.78 is 6.68. The molecule has 16 heavy (non-hydrogen) atoms. The summed E-state index contributed by atoms with van der Waals surface area (Å²) in [4.78, 5) is 0. The third-order valence-electron chi connectivity index (χ3n) is 2.51. The number of methoxy groups -OCH3 is 1. The molecule has 1 aromatic heterocycles. The van der Waals surface area contributed by atoms with Gasteiger partial charge in [0.05, 0.1) is 19.0 Å². The highest BCUT2D eigenvalue weighted by molar-refractivity contribution is 5.35. The maximum Gasteiger partial charge on any atom is 0.253 e. The van der Waals surface area contributed by atoms with Gasteiger partial charge in [-0.3, -0.25) is 0 Å². The summed E-state index contributed by atoms with van der Waals surface area (Å²) in [6, 6.07) is 8.27. The van der Waals surface area contributed by atoms with Gasteiger partial charge >= 0.3 is 0 Å². The molecule has 0 saturated heterocycles. The van der Waals surface area contributed by atoms with Gasteiger partial charge in [0.25, 0.3) is 5.88 Å². The van der Waals surface area contributed by atoms with Crippen molar-refractivity contribution in [1.82, 2.24) is 15.0 Å². The van der Waals surface area contributed by atoms with Gasteiger partial charge in [-0.15, -0.1) is 0 Å². The molecule has 0 atom stereocenters. The number of ether oxygens (including phenoxy) is 1. The van der Waals surface area contributed by atoms with Gasteiger partial charge < -0.3 is 4.74 Å². The van der Waals surface area contributed by atoms with Gasteiger partial charge in [-0.05, 0) is 23.6 Å². The van der Waals surface area contributed by atoms with Crippen molar-refractivity contribution < 1.29 is 4.74 Å². The lowest BCUT2D eigenvalue weighted by atomic mass is 10.0. The van der Waals surface area contributed by atoms with Crippen LogP contribution in [0.3, 0.4) is 0 Å². The fraction of sp³-hybridized carbons (Fsp3) is 0.333. The second kappa shape index (κ2) is 4.35. The third kappa shape index (κ3) is 2.05. The fourth-order valence-electron chi connectivity index (χ4n) is 1.48. The number of rotatable bonds is 3. The highest BCUT2D eigenvalue weighted by Gasteiger charge is 2.03. The Morgan fingerprint density at radius 2 is 1.88 bits per heavy atom. The van der Waals surface area contributed by atoms with E-state index in [0.717, 1.165) is 5.69 Å². The number of aromatic nitrogens is 3. The van der Waals surface area contributed by atoms with Gasteiger partial charge in [-0.2, -0.15) is 0 Å². The molecular weight excluding hydrogens is 202 g/mol. The van der Waals surface area contributed by atoms with Crippen LogP contribution in [0.15, 0.2) is 30.5 Å². The molecule has 0 aliphatic carbocycles. The molecule has 2 rings (SSSR count). The second-order valence-electron chi connectivity index (χ2n) is 3.95. The number of hydrogen-bond acceptors (Lipinski definition) is 3. The normalized spacial score (nSPS) is 10.8. The first-order valence-corrected chi connectivity index (χ1v) is 5.27. The standard InChI is InChI=1S/C12H15N3O/c1-9(2)10-4-6-11(7-5-10)15-8-12(16-3)13-14-15/h4-9H,1-3H3. The Morgan fingerprint density at radius 3 is 2.38 bits per heavy atom. The predicted molar refractivity (Wildman–Crippen MR) is 62.0 cm³/mol. The second-order valence-corrected chi connectivity index (χ2v) is 3.95. The number of benzene rings is 1. The van der Waals surface area contributed by atoms with Crippen LogP contribution in [0.2, 0.25) is 0 Å². The maximum absolute atomic E-state index is 4.98. The quantitative estimate of drug-likeness (QED) is 0.792. The summed E-state index contributed by atoms with van der Waals surface area (Å²) in [5, 5.41) is 7.83. The van der Waals surface area contributed by atoms with Crippen LogP contribution >= 0.6 is 0 Å². The first-order valence-electron chi connectivity index (χ1n) is 5.27. The van der Waals surface area contributed by atoms with Crippen LogP contribution in [-0.2, 0) is 0 Å². The van der Waals surface area contributed by atoms with Crippen LogP contribution in [0.4, 0.5) is 0 Å². The van der Waals surface area contributed by atoms with Crippen molar-refractivity contribution in [3.63, 3.8) is 0 Å². The molecule has 0 bridgehead atoms. The fourth-order valence-corrected chi connectivity index (χ4v) is 1.48. The van der Waals surface area contributed by atoms with Gasteiger partial charge in [0.1, 0.15) is 0 Å². The zero-order chi connectivity index (χ0) is 11.5. The average molecular weight is 217 g/mol. The number of nitrogens with zero attached hydrogens (tertiary/aromatic N) is 3. The van der Waals surface area contributed by atoms with Gasteiger partial charge in [-0.25, -0.2) is 4.68 Å². The Morgan fingerprint density at radius 1 is 1.19 bits per heavy atom. The van der Waals surface area contributed by atoms with E-state index < -0.39 is 0 Å². The van der Waals surface area contributed by atoms with E-state index in [9.17, 15) is 0 Å². The largest absolute Gasteiger partial charge is 0.479 e.